The van der Waals surface area contributed by atoms with Crippen LogP contribution in [-0.2, 0) is 0 Å². The van der Waals surface area contributed by atoms with Gasteiger partial charge >= 0.3 is 0 Å². The van der Waals surface area contributed by atoms with E-state index in [0.29, 0.717) is 11.6 Å². The molecular formula is C12H19N3O. The molecule has 1 aromatic heterocycles. The number of rotatable bonds is 4. The number of nitrogens with zero attached hydrogens (tertiary/aromatic N) is 1. The molecule has 1 aliphatic rings. The summed E-state index contributed by atoms with van der Waals surface area (Å²) in [5, 5.41) is 6.73. The molecule has 0 saturated heterocycles. The van der Waals surface area contributed by atoms with Gasteiger partial charge in [-0.05, 0) is 25.3 Å². The SMILES string of the molecule is Cc1cc(C(=O)C(N)CC2CCCC2)n[nH]1. The van der Waals surface area contributed by atoms with Gasteiger partial charge in [0.1, 0.15) is 5.69 Å². The van der Waals surface area contributed by atoms with Gasteiger partial charge in [-0.3, -0.25) is 9.89 Å². The average molecular weight is 221 g/mol. The van der Waals surface area contributed by atoms with E-state index in [1.165, 1.54) is 25.7 Å². The van der Waals surface area contributed by atoms with Gasteiger partial charge in [-0.15, -0.1) is 0 Å². The van der Waals surface area contributed by atoms with Gasteiger partial charge in [0.15, 0.2) is 5.78 Å². The number of aromatic nitrogens is 2. The summed E-state index contributed by atoms with van der Waals surface area (Å²) in [6.07, 6.45) is 5.83. The number of carbonyl (C=O) groups is 1. The van der Waals surface area contributed by atoms with Crippen LogP contribution in [0.3, 0.4) is 0 Å². The van der Waals surface area contributed by atoms with Crippen LogP contribution in [0.25, 0.3) is 0 Å². The number of carbonyl (C=O) groups excluding carboxylic acids is 1. The molecule has 0 spiro atoms. The lowest BCUT2D eigenvalue weighted by Gasteiger charge is -2.13. The molecule has 0 aliphatic heterocycles. The number of nitrogens with one attached hydrogen (secondary N) is 1. The van der Waals surface area contributed by atoms with Crippen LogP contribution in [0.5, 0.6) is 0 Å². The summed E-state index contributed by atoms with van der Waals surface area (Å²) in [4.78, 5) is 11.9. The minimum absolute atomic E-state index is 0.0313. The third-order valence-electron chi connectivity index (χ3n) is 3.36. The molecule has 1 aromatic rings. The first-order valence-electron chi connectivity index (χ1n) is 5.98. The molecule has 0 radical (unpaired) electrons. The molecule has 1 aliphatic carbocycles. The highest BCUT2D eigenvalue weighted by Gasteiger charge is 2.24. The summed E-state index contributed by atoms with van der Waals surface area (Å²) in [5.74, 6) is 0.607. The lowest BCUT2D eigenvalue weighted by atomic mass is 9.95. The van der Waals surface area contributed by atoms with Crippen LogP contribution < -0.4 is 5.73 Å². The van der Waals surface area contributed by atoms with E-state index in [-0.39, 0.29) is 11.8 Å². The van der Waals surface area contributed by atoms with E-state index >= 15 is 0 Å². The Labute approximate surface area is 95.6 Å². The molecular weight excluding hydrogens is 202 g/mol. The van der Waals surface area contributed by atoms with Gasteiger partial charge in [-0.25, -0.2) is 0 Å². The van der Waals surface area contributed by atoms with E-state index in [9.17, 15) is 4.79 Å². The lowest BCUT2D eigenvalue weighted by molar-refractivity contribution is 0.0944. The van der Waals surface area contributed by atoms with E-state index in [1.807, 2.05) is 6.92 Å². The summed E-state index contributed by atoms with van der Waals surface area (Å²) < 4.78 is 0. The quantitative estimate of drug-likeness (QED) is 0.762. The van der Waals surface area contributed by atoms with Crippen molar-refractivity contribution in [3.8, 4) is 0 Å². The van der Waals surface area contributed by atoms with Crippen molar-refractivity contribution in [3.63, 3.8) is 0 Å². The number of nitrogens with two attached hydrogens (primary N) is 1. The zero-order chi connectivity index (χ0) is 11.5. The minimum Gasteiger partial charge on any atom is -0.321 e. The second-order valence-corrected chi connectivity index (χ2v) is 4.79. The highest BCUT2D eigenvalue weighted by molar-refractivity contribution is 5.98. The Morgan fingerprint density at radius 1 is 1.62 bits per heavy atom. The molecule has 4 nitrogen and oxygen atoms in total. The Morgan fingerprint density at radius 3 is 2.88 bits per heavy atom. The fourth-order valence-electron chi connectivity index (χ4n) is 2.45. The van der Waals surface area contributed by atoms with E-state index in [2.05, 4.69) is 10.2 Å². The number of Topliss-reactive ketones (excluding diaryl/α,β-unsaturated/α-hetero) is 1. The Hall–Kier alpha value is -1.16. The molecule has 4 heteroatoms. The predicted molar refractivity (Wildman–Crippen MR) is 62.2 cm³/mol. The molecule has 1 heterocycles. The molecule has 3 N–H and O–H groups in total. The second-order valence-electron chi connectivity index (χ2n) is 4.79. The first-order valence-corrected chi connectivity index (χ1v) is 5.98. The maximum Gasteiger partial charge on any atom is 0.199 e. The number of aryl methyl sites for hydroxylation is 1. The molecule has 1 saturated carbocycles. The van der Waals surface area contributed by atoms with Gasteiger partial charge in [0.25, 0.3) is 0 Å². The highest BCUT2D eigenvalue weighted by Crippen LogP contribution is 2.28. The van der Waals surface area contributed by atoms with Crippen molar-refractivity contribution in [2.45, 2.75) is 45.1 Å². The molecule has 1 fully saturated rings. The Bertz CT molecular complexity index is 366. The van der Waals surface area contributed by atoms with Gasteiger partial charge < -0.3 is 5.73 Å². The third-order valence-corrected chi connectivity index (χ3v) is 3.36. The van der Waals surface area contributed by atoms with Crippen LogP contribution in [0.15, 0.2) is 6.07 Å². The Kier molecular flexibility index (Phi) is 3.39. The first kappa shape index (κ1) is 11.3. The lowest BCUT2D eigenvalue weighted by Crippen LogP contribution is -2.32. The number of aromatic amines is 1. The number of ketones is 1. The monoisotopic (exact) mass is 221 g/mol. The summed E-state index contributed by atoms with van der Waals surface area (Å²) >= 11 is 0. The first-order chi connectivity index (χ1) is 7.66. The van der Waals surface area contributed by atoms with Crippen molar-refractivity contribution in [1.82, 2.24) is 10.2 Å². The zero-order valence-corrected chi connectivity index (χ0v) is 9.70. The second kappa shape index (κ2) is 4.78. The summed E-state index contributed by atoms with van der Waals surface area (Å²) in [6.45, 7) is 1.88. The Morgan fingerprint density at radius 2 is 2.31 bits per heavy atom. The van der Waals surface area contributed by atoms with Gasteiger partial charge in [0.05, 0.1) is 6.04 Å². The van der Waals surface area contributed by atoms with E-state index in [4.69, 9.17) is 5.73 Å². The minimum atomic E-state index is -0.384. The molecule has 0 amide bonds. The molecule has 88 valence electrons. The Balaban J connectivity index is 1.93. The van der Waals surface area contributed by atoms with Gasteiger partial charge in [0.2, 0.25) is 0 Å². The maximum absolute atomic E-state index is 11.9. The van der Waals surface area contributed by atoms with Crippen molar-refractivity contribution < 1.29 is 4.79 Å². The van der Waals surface area contributed by atoms with Crippen LogP contribution in [0.1, 0.15) is 48.3 Å². The summed E-state index contributed by atoms with van der Waals surface area (Å²) in [5.41, 5.74) is 7.31. The van der Waals surface area contributed by atoms with Crippen LogP contribution >= 0.6 is 0 Å². The normalized spacial score (nSPS) is 18.9. The smallest absolute Gasteiger partial charge is 0.199 e. The predicted octanol–water partition coefficient (Wildman–Crippen LogP) is 1.81. The van der Waals surface area contributed by atoms with E-state index < -0.39 is 0 Å². The van der Waals surface area contributed by atoms with Crippen molar-refractivity contribution in [2.75, 3.05) is 0 Å². The topological polar surface area (TPSA) is 71.8 Å². The molecule has 1 atom stereocenters. The number of H-pyrrole nitrogens is 1. The van der Waals surface area contributed by atoms with Crippen LogP contribution in [0.2, 0.25) is 0 Å². The van der Waals surface area contributed by atoms with Gasteiger partial charge in [-0.1, -0.05) is 25.7 Å². The largest absolute Gasteiger partial charge is 0.321 e. The fraction of sp³-hybridized carbons (Fsp3) is 0.667. The molecule has 2 rings (SSSR count). The molecule has 16 heavy (non-hydrogen) atoms. The zero-order valence-electron chi connectivity index (χ0n) is 9.70. The van der Waals surface area contributed by atoms with E-state index in [1.54, 1.807) is 6.07 Å². The van der Waals surface area contributed by atoms with Crippen molar-refractivity contribution in [3.05, 3.63) is 17.5 Å². The molecule has 1 unspecified atom stereocenters. The highest BCUT2D eigenvalue weighted by atomic mass is 16.1. The van der Waals surface area contributed by atoms with Crippen LogP contribution in [-0.4, -0.2) is 22.0 Å². The maximum atomic E-state index is 11.9. The van der Waals surface area contributed by atoms with Crippen molar-refractivity contribution in [2.24, 2.45) is 11.7 Å². The number of hydrogen-bond donors (Lipinski definition) is 2. The van der Waals surface area contributed by atoms with Crippen molar-refractivity contribution >= 4 is 5.78 Å². The molecule has 0 aromatic carbocycles. The van der Waals surface area contributed by atoms with Crippen molar-refractivity contribution in [1.29, 1.82) is 0 Å². The van der Waals surface area contributed by atoms with Crippen LogP contribution in [0.4, 0.5) is 0 Å². The van der Waals surface area contributed by atoms with E-state index in [0.717, 1.165) is 12.1 Å². The standard InChI is InChI=1S/C12H19N3O/c1-8-6-11(15-14-8)12(16)10(13)7-9-4-2-3-5-9/h6,9-10H,2-5,7,13H2,1H3,(H,14,15). The van der Waals surface area contributed by atoms with Gasteiger partial charge in [0, 0.05) is 5.69 Å². The number of hydrogen-bond acceptors (Lipinski definition) is 3. The average Bonchev–Trinajstić information content (AvgIpc) is 2.88. The summed E-state index contributed by atoms with van der Waals surface area (Å²) in [7, 11) is 0. The van der Waals surface area contributed by atoms with Crippen LogP contribution in [0, 0.1) is 12.8 Å². The molecule has 0 bridgehead atoms. The summed E-state index contributed by atoms with van der Waals surface area (Å²) in [6, 6.07) is 1.38. The fourth-order valence-corrected chi connectivity index (χ4v) is 2.45. The third kappa shape index (κ3) is 2.50. The van der Waals surface area contributed by atoms with Gasteiger partial charge in [-0.2, -0.15) is 5.10 Å².